The summed E-state index contributed by atoms with van der Waals surface area (Å²) in [7, 11) is -0.149. The van der Waals surface area contributed by atoms with Crippen LogP contribution >= 0.6 is 7.92 Å². The fourth-order valence-electron chi connectivity index (χ4n) is 4.96. The van der Waals surface area contributed by atoms with Gasteiger partial charge in [0.2, 0.25) is 0 Å². The zero-order valence-electron chi connectivity index (χ0n) is 16.0. The van der Waals surface area contributed by atoms with Gasteiger partial charge >= 0.3 is 0 Å². The van der Waals surface area contributed by atoms with Crippen molar-refractivity contribution in [3.05, 3.63) is 48.6 Å². The Hall–Kier alpha value is -1.13. The predicted molar refractivity (Wildman–Crippen MR) is 117 cm³/mol. The van der Waals surface area contributed by atoms with Gasteiger partial charge in [-0.15, -0.1) is 0 Å². The van der Waals surface area contributed by atoms with Crippen LogP contribution in [-0.4, -0.2) is 11.3 Å². The van der Waals surface area contributed by atoms with Crippen molar-refractivity contribution in [3.63, 3.8) is 0 Å². The molecule has 4 atom stereocenters. The zero-order valence-corrected chi connectivity index (χ0v) is 16.9. The largest absolute Gasteiger partial charge is 0.0985 e. The number of hydrogen-bond donors (Lipinski definition) is 0. The van der Waals surface area contributed by atoms with Gasteiger partial charge in [0.05, 0.1) is 0 Å². The fraction of sp³-hybridized carbons (Fsp3) is 0.500. The van der Waals surface area contributed by atoms with Crippen molar-refractivity contribution in [2.24, 2.45) is 11.8 Å². The molecule has 2 aliphatic carbocycles. The maximum atomic E-state index is 4.16. The summed E-state index contributed by atoms with van der Waals surface area (Å²) in [4.78, 5) is 0. The van der Waals surface area contributed by atoms with Crippen molar-refractivity contribution in [2.45, 2.75) is 63.7 Å². The zero-order chi connectivity index (χ0) is 18.0. The highest BCUT2D eigenvalue weighted by atomic mass is 31.1. The van der Waals surface area contributed by atoms with E-state index in [2.05, 4.69) is 51.8 Å². The topological polar surface area (TPSA) is 0 Å². The molecular formula is C24H33P. The van der Waals surface area contributed by atoms with E-state index in [1.54, 1.807) is 5.30 Å². The summed E-state index contributed by atoms with van der Waals surface area (Å²) in [5, 5.41) is 1.58. The molecule has 0 aliphatic heterocycles. The van der Waals surface area contributed by atoms with Crippen molar-refractivity contribution in [2.75, 3.05) is 0 Å². The van der Waals surface area contributed by atoms with Gasteiger partial charge < -0.3 is 0 Å². The molecule has 0 saturated heterocycles. The lowest BCUT2D eigenvalue weighted by atomic mass is 10.0. The lowest BCUT2D eigenvalue weighted by Gasteiger charge is -2.33. The van der Waals surface area contributed by atoms with Gasteiger partial charge in [0.25, 0.3) is 0 Å². The van der Waals surface area contributed by atoms with Gasteiger partial charge in [0, 0.05) is 0 Å². The quantitative estimate of drug-likeness (QED) is 0.479. The Morgan fingerprint density at radius 1 is 0.840 bits per heavy atom. The number of rotatable bonds is 6. The second-order valence-corrected chi connectivity index (χ2v) is 11.0. The molecule has 0 bridgehead atoms. The van der Waals surface area contributed by atoms with Crippen LogP contribution < -0.4 is 5.30 Å². The Morgan fingerprint density at radius 2 is 1.44 bits per heavy atom. The van der Waals surface area contributed by atoms with Crippen molar-refractivity contribution in [1.82, 2.24) is 0 Å². The smallest absolute Gasteiger partial charge is 0.0112 e. The van der Waals surface area contributed by atoms with Crippen LogP contribution in [0.1, 0.15) is 69.1 Å². The SMILES string of the molecule is C=Cc1cc(C=C)c(C=C)c(P(C2CCC(C)C2)C2CCC(C)C2)c1. The van der Waals surface area contributed by atoms with Crippen molar-refractivity contribution < 1.29 is 0 Å². The monoisotopic (exact) mass is 352 g/mol. The highest BCUT2D eigenvalue weighted by molar-refractivity contribution is 7.67. The third-order valence-corrected chi connectivity index (χ3v) is 9.71. The van der Waals surface area contributed by atoms with E-state index in [0.29, 0.717) is 0 Å². The third-order valence-electron chi connectivity index (χ3n) is 6.27. The first kappa shape index (κ1) is 18.7. The van der Waals surface area contributed by atoms with Crippen LogP contribution in [0.15, 0.2) is 31.9 Å². The number of hydrogen-bond acceptors (Lipinski definition) is 0. The van der Waals surface area contributed by atoms with Gasteiger partial charge in [-0.25, -0.2) is 0 Å². The minimum Gasteiger partial charge on any atom is -0.0985 e. The molecule has 134 valence electrons. The van der Waals surface area contributed by atoms with Gasteiger partial charge in [-0.2, -0.15) is 0 Å². The molecule has 0 heterocycles. The predicted octanol–water partition coefficient (Wildman–Crippen LogP) is 7.10. The standard InChI is InChI=1S/C24H33P/c1-6-19-15-20(7-2)23(8-3)24(16-19)25(21-11-9-17(4)13-21)22-12-10-18(5)14-22/h6-8,15-18,21-22H,1-3,9-14H2,4-5H3. The first-order chi connectivity index (χ1) is 12.1. The minimum atomic E-state index is -0.149. The number of benzene rings is 1. The van der Waals surface area contributed by atoms with E-state index < -0.39 is 0 Å². The highest BCUT2D eigenvalue weighted by Gasteiger charge is 2.38. The molecule has 0 nitrogen and oxygen atoms in total. The molecule has 1 aromatic rings. The van der Waals surface area contributed by atoms with E-state index in [1.807, 2.05) is 12.2 Å². The molecule has 0 radical (unpaired) electrons. The summed E-state index contributed by atoms with van der Waals surface area (Å²) in [5.41, 5.74) is 5.58. The summed E-state index contributed by atoms with van der Waals surface area (Å²) in [6.07, 6.45) is 14.5. The highest BCUT2D eigenvalue weighted by Crippen LogP contribution is 2.58. The Bertz CT molecular complexity index is 636. The molecule has 0 amide bonds. The van der Waals surface area contributed by atoms with E-state index in [9.17, 15) is 0 Å². The van der Waals surface area contributed by atoms with Crippen LogP contribution in [0, 0.1) is 11.8 Å². The first-order valence-corrected chi connectivity index (χ1v) is 11.4. The summed E-state index contributed by atoms with van der Waals surface area (Å²) >= 11 is 0. The van der Waals surface area contributed by atoms with Crippen molar-refractivity contribution in [1.29, 1.82) is 0 Å². The maximum Gasteiger partial charge on any atom is -0.0112 e. The summed E-state index contributed by atoms with van der Waals surface area (Å²) in [6.45, 7) is 17.1. The van der Waals surface area contributed by atoms with Crippen molar-refractivity contribution in [3.8, 4) is 0 Å². The van der Waals surface area contributed by atoms with Gasteiger partial charge in [-0.1, -0.05) is 72.6 Å². The van der Waals surface area contributed by atoms with Crippen LogP contribution in [0.4, 0.5) is 0 Å². The third kappa shape index (κ3) is 3.85. The van der Waals surface area contributed by atoms with Crippen LogP contribution in [-0.2, 0) is 0 Å². The second kappa shape index (κ2) is 8.05. The molecule has 3 rings (SSSR count). The van der Waals surface area contributed by atoms with Gasteiger partial charge in [-0.05, 0) is 83.0 Å². The molecule has 1 aromatic carbocycles. The summed E-state index contributed by atoms with van der Waals surface area (Å²) < 4.78 is 0. The molecule has 2 fully saturated rings. The Kier molecular flexibility index (Phi) is 6.00. The van der Waals surface area contributed by atoms with E-state index in [4.69, 9.17) is 0 Å². The van der Waals surface area contributed by atoms with Crippen LogP contribution in [0.25, 0.3) is 18.2 Å². The van der Waals surface area contributed by atoms with Crippen LogP contribution in [0.5, 0.6) is 0 Å². The van der Waals surface area contributed by atoms with Crippen LogP contribution in [0.3, 0.4) is 0 Å². The Labute approximate surface area is 155 Å². The lowest BCUT2D eigenvalue weighted by molar-refractivity contribution is 0.609. The van der Waals surface area contributed by atoms with Gasteiger partial charge in [-0.3, -0.25) is 0 Å². The van der Waals surface area contributed by atoms with E-state index in [0.717, 1.165) is 23.2 Å². The van der Waals surface area contributed by atoms with Gasteiger partial charge in [0.1, 0.15) is 0 Å². The van der Waals surface area contributed by atoms with E-state index in [1.165, 1.54) is 55.2 Å². The summed E-state index contributed by atoms with van der Waals surface area (Å²) in [5.74, 6) is 1.78. The average molecular weight is 353 g/mol. The fourth-order valence-corrected chi connectivity index (χ4v) is 9.16. The Morgan fingerprint density at radius 3 is 1.84 bits per heavy atom. The van der Waals surface area contributed by atoms with E-state index in [-0.39, 0.29) is 7.92 Å². The molecule has 0 N–H and O–H groups in total. The summed E-state index contributed by atoms with van der Waals surface area (Å²) in [6, 6.07) is 4.64. The Balaban J connectivity index is 2.10. The molecule has 2 saturated carbocycles. The lowest BCUT2D eigenvalue weighted by Crippen LogP contribution is -2.22. The maximum absolute atomic E-state index is 4.16. The second-order valence-electron chi connectivity index (χ2n) is 8.21. The molecule has 25 heavy (non-hydrogen) atoms. The minimum absolute atomic E-state index is 0.149. The molecule has 0 spiro atoms. The molecule has 4 unspecified atom stereocenters. The van der Waals surface area contributed by atoms with Gasteiger partial charge in [0.15, 0.2) is 0 Å². The molecule has 0 aromatic heterocycles. The average Bonchev–Trinajstić information content (AvgIpc) is 3.23. The van der Waals surface area contributed by atoms with Crippen molar-refractivity contribution >= 4 is 31.5 Å². The molecule has 2 aliphatic rings. The molecule has 1 heteroatoms. The normalized spacial score (nSPS) is 30.2. The molecular weight excluding hydrogens is 319 g/mol. The van der Waals surface area contributed by atoms with E-state index >= 15 is 0 Å². The van der Waals surface area contributed by atoms with Crippen LogP contribution in [0.2, 0.25) is 0 Å². The first-order valence-electron chi connectivity index (χ1n) is 9.91.